The van der Waals surface area contributed by atoms with Crippen LogP contribution < -0.4 is 10.6 Å². The van der Waals surface area contributed by atoms with Crippen LogP contribution in [0.3, 0.4) is 0 Å². The molecule has 0 aromatic heterocycles. The van der Waals surface area contributed by atoms with Gasteiger partial charge in [-0.2, -0.15) is 0 Å². The molecule has 2 aliphatic heterocycles. The van der Waals surface area contributed by atoms with Gasteiger partial charge >= 0.3 is 5.97 Å². The van der Waals surface area contributed by atoms with Crippen molar-refractivity contribution in [1.82, 2.24) is 15.5 Å². The molecule has 56 heavy (non-hydrogen) atoms. The van der Waals surface area contributed by atoms with Crippen molar-refractivity contribution in [3.8, 4) is 0 Å². The molecule has 10 atom stereocenters. The zero-order valence-electron chi connectivity index (χ0n) is 34.3. The Bertz CT molecular complexity index is 1960. The largest absolute Gasteiger partial charge is 0.477 e. The van der Waals surface area contributed by atoms with E-state index in [1.807, 2.05) is 0 Å². The molecule has 0 unspecified atom stereocenters. The van der Waals surface area contributed by atoms with Crippen LogP contribution in [0.2, 0.25) is 0 Å². The second-order valence-electron chi connectivity index (χ2n) is 20.5. The predicted molar refractivity (Wildman–Crippen MR) is 215 cm³/mol. The number of hydrogen-bond donors (Lipinski definition) is 3. The van der Waals surface area contributed by atoms with Crippen LogP contribution in [0.25, 0.3) is 5.57 Å². The molecule has 11 heteroatoms. The van der Waals surface area contributed by atoms with Gasteiger partial charge in [0.15, 0.2) is 9.84 Å². The number of amides is 1. The quantitative estimate of drug-likeness (QED) is 0.183. The number of carboxylic acids is 1. The fraction of sp³-hybridized carbons (Fsp3) is 0.733. The number of fused-ring (bicyclic) bond motifs is 4. The van der Waals surface area contributed by atoms with E-state index in [1.54, 1.807) is 0 Å². The molecule has 0 bridgehead atoms. The van der Waals surface area contributed by atoms with Crippen molar-refractivity contribution >= 4 is 27.3 Å². The highest BCUT2D eigenvalue weighted by Crippen LogP contribution is 2.80. The molecule has 308 valence electrons. The molecule has 2 heterocycles. The summed E-state index contributed by atoms with van der Waals surface area (Å²) in [6, 6.07) is 2.58. The average molecular weight is 796 g/mol. The minimum atomic E-state index is -2.93. The monoisotopic (exact) mass is 795 g/mol. The van der Waals surface area contributed by atoms with Crippen LogP contribution in [0, 0.1) is 62.4 Å². The number of rotatable bonds is 8. The van der Waals surface area contributed by atoms with Gasteiger partial charge in [-0.25, -0.2) is 22.0 Å². The Labute approximate surface area is 332 Å². The number of aromatic carboxylic acids is 1. The van der Waals surface area contributed by atoms with Crippen molar-refractivity contribution < 1.29 is 31.9 Å². The lowest BCUT2D eigenvalue weighted by molar-refractivity contribution is -0.233. The Morgan fingerprint density at radius 1 is 0.964 bits per heavy atom. The van der Waals surface area contributed by atoms with Gasteiger partial charge in [-0.15, -0.1) is 0 Å². The number of sulfone groups is 1. The van der Waals surface area contributed by atoms with Crippen molar-refractivity contribution in [3.05, 3.63) is 53.1 Å². The van der Waals surface area contributed by atoms with Crippen LogP contribution in [-0.4, -0.2) is 79.6 Å². The van der Waals surface area contributed by atoms with Crippen molar-refractivity contribution in [2.24, 2.45) is 50.7 Å². The highest BCUT2D eigenvalue weighted by Gasteiger charge is 2.79. The average Bonchev–Trinajstić information content (AvgIpc) is 3.67. The van der Waals surface area contributed by atoms with Gasteiger partial charge in [0.05, 0.1) is 16.9 Å². The maximum atomic E-state index is 15.0. The maximum absolute atomic E-state index is 15.0. The van der Waals surface area contributed by atoms with E-state index in [1.165, 1.54) is 12.1 Å². The molecule has 7 aliphatic rings. The molecule has 1 spiro atoms. The molecule has 5 aliphatic carbocycles. The number of carboxylic acid groups (broad SMARTS) is 1. The van der Waals surface area contributed by atoms with E-state index in [0.29, 0.717) is 37.0 Å². The molecule has 4 saturated carbocycles. The van der Waals surface area contributed by atoms with Gasteiger partial charge in [-0.3, -0.25) is 4.79 Å². The van der Waals surface area contributed by atoms with Crippen LogP contribution in [0.5, 0.6) is 0 Å². The molecule has 6 fully saturated rings. The Hall–Kier alpha value is -2.63. The zero-order valence-corrected chi connectivity index (χ0v) is 35.1. The molecule has 2 saturated heterocycles. The van der Waals surface area contributed by atoms with Crippen molar-refractivity contribution in [2.75, 3.05) is 37.7 Å². The molecule has 8 nitrogen and oxygen atoms in total. The van der Waals surface area contributed by atoms with E-state index in [0.717, 1.165) is 81.9 Å². The van der Waals surface area contributed by atoms with E-state index >= 15 is 8.78 Å². The number of carbonyl (C=O) groups excluding carboxylic acids is 1. The Kier molecular flexibility index (Phi) is 9.46. The van der Waals surface area contributed by atoms with Crippen LogP contribution in [0.15, 0.2) is 30.4 Å². The summed E-state index contributed by atoms with van der Waals surface area (Å²) in [5.41, 5.74) is 0.354. The summed E-state index contributed by atoms with van der Waals surface area (Å²) in [5.74, 6) is -1.83. The van der Waals surface area contributed by atoms with Gasteiger partial charge < -0.3 is 20.6 Å². The van der Waals surface area contributed by atoms with Gasteiger partial charge in [0.1, 0.15) is 17.2 Å². The summed E-state index contributed by atoms with van der Waals surface area (Å²) in [6.45, 7) is 21.1. The molecule has 1 aromatic rings. The zero-order chi connectivity index (χ0) is 40.4. The van der Waals surface area contributed by atoms with Crippen molar-refractivity contribution in [3.63, 3.8) is 0 Å². The second-order valence-corrected chi connectivity index (χ2v) is 22.8. The van der Waals surface area contributed by atoms with Crippen LogP contribution >= 0.6 is 0 Å². The van der Waals surface area contributed by atoms with Gasteiger partial charge in [-0.1, -0.05) is 52.8 Å². The maximum Gasteiger partial charge on any atom is 0.341 e. The number of benzene rings is 1. The summed E-state index contributed by atoms with van der Waals surface area (Å²) in [4.78, 5) is 28.5. The molecule has 8 rings (SSSR count). The van der Waals surface area contributed by atoms with Gasteiger partial charge in [0.25, 0.3) is 0 Å². The lowest BCUT2D eigenvalue weighted by Gasteiger charge is -2.75. The summed E-state index contributed by atoms with van der Waals surface area (Å²) >= 11 is 0. The minimum Gasteiger partial charge on any atom is -0.477 e. The van der Waals surface area contributed by atoms with Crippen LogP contribution in [0.1, 0.15) is 122 Å². The first kappa shape index (κ1) is 40.2. The number of allylic oxidation sites excluding steroid dienone is 2. The second kappa shape index (κ2) is 13.2. The molecular weight excluding hydrogens is 733 g/mol. The topological polar surface area (TPSA) is 116 Å². The summed E-state index contributed by atoms with van der Waals surface area (Å²) < 4.78 is 53.9. The third-order valence-electron chi connectivity index (χ3n) is 18.0. The number of nitrogens with one attached hydrogen (secondary N) is 2. The van der Waals surface area contributed by atoms with E-state index < -0.39 is 43.8 Å². The smallest absolute Gasteiger partial charge is 0.341 e. The SMILES string of the molecule is C=C(C)[C@H]1N[C@]23CC[C@@H]4[C@@]5(C)CC=C(c6cc(F)c(C(=O)O)c(F)c6)C(C)(C)[C@@H]5CC[C@@]4(C)[C@]2(C)CC[C@@]2(C(=O)NCCCN4CCS(=O)(=O)CC4)CC[C@@H]1[C@@H]23. The first-order chi connectivity index (χ1) is 26.2. The van der Waals surface area contributed by atoms with Gasteiger partial charge in [0.2, 0.25) is 5.91 Å². The predicted octanol–water partition coefficient (Wildman–Crippen LogP) is 7.65. The van der Waals surface area contributed by atoms with E-state index in [2.05, 4.69) is 69.7 Å². The van der Waals surface area contributed by atoms with E-state index in [9.17, 15) is 23.1 Å². The van der Waals surface area contributed by atoms with Crippen molar-refractivity contribution in [1.29, 1.82) is 0 Å². The Balaban J connectivity index is 1.08. The third kappa shape index (κ3) is 5.47. The molecular formula is C45H63F2N3O5S. The van der Waals surface area contributed by atoms with E-state index in [-0.39, 0.29) is 57.1 Å². The first-order valence-electron chi connectivity index (χ1n) is 21.3. The third-order valence-corrected chi connectivity index (χ3v) is 19.6. The lowest BCUT2D eigenvalue weighted by atomic mass is 9.31. The minimum absolute atomic E-state index is 0.0199. The first-order valence-corrected chi connectivity index (χ1v) is 23.1. The standard InChI is InChI=1S/C45H63F2N3O5S/c1-27(2)36-29-9-15-44(39(53)48-19-8-20-50-21-23-56(54,55)24-22-50)18-17-43(7)42(6)14-11-33-40(3,4)30(28-25-31(46)35(38(51)52)32(47)26-28)10-13-41(33,5)34(42)12-16-45(43,49-36)37(29)44/h10,25-26,29,33-34,36-37,49H,1,8-9,11-24H2,2-7H3,(H,48,53)(H,51,52)/t29-,33-,34+,36+,37-,41-,42+,43-,44-,45-/m0/s1. The molecule has 3 N–H and O–H groups in total. The van der Waals surface area contributed by atoms with Gasteiger partial charge in [0, 0.05) is 31.2 Å². The molecule has 1 amide bonds. The normalized spacial score (nSPS) is 42.1. The van der Waals surface area contributed by atoms with Crippen LogP contribution in [0.4, 0.5) is 8.78 Å². The summed E-state index contributed by atoms with van der Waals surface area (Å²) in [6.07, 6.45) is 11.6. The van der Waals surface area contributed by atoms with E-state index in [4.69, 9.17) is 0 Å². The number of carbonyl (C=O) groups is 2. The lowest BCUT2D eigenvalue weighted by Crippen LogP contribution is -2.75. The fourth-order valence-corrected chi connectivity index (χ4v) is 16.7. The fourth-order valence-electron chi connectivity index (χ4n) is 15.4. The Morgan fingerprint density at radius 3 is 2.27 bits per heavy atom. The van der Waals surface area contributed by atoms with Crippen molar-refractivity contribution in [2.45, 2.75) is 117 Å². The van der Waals surface area contributed by atoms with Crippen LogP contribution in [-0.2, 0) is 14.6 Å². The summed E-state index contributed by atoms with van der Waals surface area (Å²) in [5, 5.41) is 17.2. The Morgan fingerprint density at radius 2 is 1.62 bits per heavy atom. The number of hydrogen-bond acceptors (Lipinski definition) is 6. The van der Waals surface area contributed by atoms with Gasteiger partial charge in [-0.05, 0) is 146 Å². The summed E-state index contributed by atoms with van der Waals surface area (Å²) in [7, 11) is -2.93. The molecule has 1 aromatic carbocycles. The number of halogens is 2. The number of nitrogens with zero attached hydrogens (tertiary/aromatic N) is 1. The highest BCUT2D eigenvalue weighted by molar-refractivity contribution is 7.91. The highest BCUT2D eigenvalue weighted by atomic mass is 32.2. The molecule has 0 radical (unpaired) electrons.